The molecule has 1 aliphatic rings. The molecule has 0 amide bonds. The van der Waals surface area contributed by atoms with Crippen molar-refractivity contribution in [3.05, 3.63) is 60.7 Å². The van der Waals surface area contributed by atoms with Crippen LogP contribution in [0.3, 0.4) is 0 Å². The Morgan fingerprint density at radius 3 is 1.58 bits per heavy atom. The summed E-state index contributed by atoms with van der Waals surface area (Å²) in [7, 11) is -2.98. The Labute approximate surface area is 113 Å². The molecule has 0 aromatic heterocycles. The van der Waals surface area contributed by atoms with Gasteiger partial charge < -0.3 is 9.67 Å². The zero-order valence-corrected chi connectivity index (χ0v) is 11.6. The molecule has 3 heteroatoms. The van der Waals surface area contributed by atoms with E-state index < -0.39 is 12.5 Å². The van der Waals surface area contributed by atoms with E-state index in [1.165, 1.54) is 0 Å². The summed E-state index contributed by atoms with van der Waals surface area (Å²) < 4.78 is 13.7. The van der Waals surface area contributed by atoms with Gasteiger partial charge in [0.1, 0.15) is 5.34 Å². The van der Waals surface area contributed by atoms with Crippen molar-refractivity contribution in [2.24, 2.45) is 0 Å². The van der Waals surface area contributed by atoms with Gasteiger partial charge in [0, 0.05) is 10.6 Å². The third kappa shape index (κ3) is 1.87. The van der Waals surface area contributed by atoms with Gasteiger partial charge in [-0.25, -0.2) is 0 Å². The van der Waals surface area contributed by atoms with E-state index in [2.05, 4.69) is 0 Å². The van der Waals surface area contributed by atoms with Gasteiger partial charge in [-0.3, -0.25) is 0 Å². The summed E-state index contributed by atoms with van der Waals surface area (Å²) in [4.78, 5) is 0. The number of benzene rings is 2. The number of hydrogen-bond acceptors (Lipinski definition) is 2. The van der Waals surface area contributed by atoms with Gasteiger partial charge in [0.05, 0.1) is 0 Å². The van der Waals surface area contributed by atoms with E-state index in [0.29, 0.717) is 12.8 Å². The summed E-state index contributed by atoms with van der Waals surface area (Å²) in [6, 6.07) is 18.8. The third-order valence-electron chi connectivity index (χ3n) is 3.98. The van der Waals surface area contributed by atoms with Crippen LogP contribution in [0.25, 0.3) is 0 Å². The zero-order chi connectivity index (χ0) is 13.3. The zero-order valence-electron chi connectivity index (χ0n) is 10.7. The number of rotatable bonds is 3. The first-order valence-electron chi connectivity index (χ1n) is 6.61. The molecular formula is C16H17O2P. The maximum Gasteiger partial charge on any atom is 0.173 e. The molecule has 2 aromatic rings. The smallest absolute Gasteiger partial charge is 0.173 e. The van der Waals surface area contributed by atoms with Gasteiger partial charge in [-0.1, -0.05) is 60.7 Å². The standard InChI is InChI=1S/C16H17O2P/c17-16(12-7-13-16)19(18,14-8-3-1-4-9-14)15-10-5-2-6-11-15/h1-6,8-11,17H,7,12-13H2. The summed E-state index contributed by atoms with van der Waals surface area (Å²) in [5, 5.41) is 11.2. The average molecular weight is 272 g/mol. The molecule has 2 aromatic carbocycles. The minimum atomic E-state index is -2.98. The van der Waals surface area contributed by atoms with Gasteiger partial charge in [-0.05, 0) is 19.3 Å². The lowest BCUT2D eigenvalue weighted by Gasteiger charge is -2.43. The quantitative estimate of drug-likeness (QED) is 0.872. The van der Waals surface area contributed by atoms with Crippen LogP contribution in [0.5, 0.6) is 0 Å². The van der Waals surface area contributed by atoms with E-state index in [0.717, 1.165) is 17.0 Å². The van der Waals surface area contributed by atoms with Crippen LogP contribution >= 0.6 is 7.14 Å². The first-order valence-corrected chi connectivity index (χ1v) is 8.31. The fourth-order valence-corrected chi connectivity index (χ4v) is 6.10. The minimum absolute atomic E-state index is 0.619. The summed E-state index contributed by atoms with van der Waals surface area (Å²) in [5.41, 5.74) is 0. The molecule has 98 valence electrons. The molecule has 1 N–H and O–H groups in total. The molecular weight excluding hydrogens is 255 g/mol. The van der Waals surface area contributed by atoms with Gasteiger partial charge >= 0.3 is 0 Å². The fraction of sp³-hybridized carbons (Fsp3) is 0.250. The van der Waals surface area contributed by atoms with E-state index >= 15 is 0 Å². The summed E-state index contributed by atoms with van der Waals surface area (Å²) in [6.45, 7) is 0. The van der Waals surface area contributed by atoms with Crippen molar-refractivity contribution in [2.45, 2.75) is 24.6 Å². The number of aliphatic hydroxyl groups is 1. The van der Waals surface area contributed by atoms with Gasteiger partial charge in [-0.2, -0.15) is 0 Å². The molecule has 1 fully saturated rings. The lowest BCUT2D eigenvalue weighted by molar-refractivity contribution is 0.0474. The molecule has 0 unspecified atom stereocenters. The summed E-state index contributed by atoms with van der Waals surface area (Å²) >= 11 is 0. The van der Waals surface area contributed by atoms with E-state index in [1.807, 2.05) is 60.7 Å². The molecule has 0 spiro atoms. The lowest BCUT2D eigenvalue weighted by Crippen LogP contribution is -2.43. The highest BCUT2D eigenvalue weighted by Crippen LogP contribution is 2.62. The van der Waals surface area contributed by atoms with Crippen LogP contribution in [0.15, 0.2) is 60.7 Å². The molecule has 0 saturated heterocycles. The van der Waals surface area contributed by atoms with Crippen molar-refractivity contribution in [3.63, 3.8) is 0 Å². The SMILES string of the molecule is O=P(c1ccccc1)(c1ccccc1)C1(O)CCC1. The van der Waals surface area contributed by atoms with Crippen molar-refractivity contribution in [1.29, 1.82) is 0 Å². The minimum Gasteiger partial charge on any atom is -0.381 e. The van der Waals surface area contributed by atoms with Crippen LogP contribution in [0.4, 0.5) is 0 Å². The molecule has 3 rings (SSSR count). The number of hydrogen-bond donors (Lipinski definition) is 1. The van der Waals surface area contributed by atoms with E-state index in [4.69, 9.17) is 0 Å². The molecule has 0 bridgehead atoms. The highest BCUT2D eigenvalue weighted by atomic mass is 31.2. The Balaban J connectivity index is 2.20. The fourth-order valence-electron chi connectivity index (χ4n) is 2.71. The molecule has 1 aliphatic carbocycles. The molecule has 0 atom stereocenters. The predicted molar refractivity (Wildman–Crippen MR) is 78.6 cm³/mol. The van der Waals surface area contributed by atoms with E-state index in [9.17, 15) is 9.67 Å². The second kappa shape index (κ2) is 4.63. The van der Waals surface area contributed by atoms with Gasteiger partial charge in [0.2, 0.25) is 0 Å². The van der Waals surface area contributed by atoms with Gasteiger partial charge in [0.15, 0.2) is 7.14 Å². The van der Waals surface area contributed by atoms with Gasteiger partial charge in [0.25, 0.3) is 0 Å². The lowest BCUT2D eigenvalue weighted by atomic mass is 9.95. The maximum absolute atomic E-state index is 13.7. The Morgan fingerprint density at radius 1 is 0.842 bits per heavy atom. The van der Waals surface area contributed by atoms with Crippen molar-refractivity contribution >= 4 is 17.8 Å². The van der Waals surface area contributed by atoms with Crippen LogP contribution < -0.4 is 10.6 Å². The molecule has 19 heavy (non-hydrogen) atoms. The topological polar surface area (TPSA) is 37.3 Å². The summed E-state index contributed by atoms with van der Waals surface area (Å²) in [5.74, 6) is 0. The maximum atomic E-state index is 13.7. The van der Waals surface area contributed by atoms with Crippen molar-refractivity contribution in [2.75, 3.05) is 0 Å². The van der Waals surface area contributed by atoms with Crippen LogP contribution in [-0.4, -0.2) is 10.4 Å². The predicted octanol–water partition coefficient (Wildman–Crippen LogP) is 2.87. The van der Waals surface area contributed by atoms with Crippen LogP contribution in [0, 0.1) is 0 Å². The molecule has 0 radical (unpaired) electrons. The first-order chi connectivity index (χ1) is 9.17. The second-order valence-corrected chi connectivity index (χ2v) is 8.20. The summed E-state index contributed by atoms with van der Waals surface area (Å²) in [6.07, 6.45) is 2.18. The highest BCUT2D eigenvalue weighted by molar-refractivity contribution is 7.79. The molecule has 1 saturated carbocycles. The van der Waals surface area contributed by atoms with Crippen LogP contribution in [0.2, 0.25) is 0 Å². The normalized spacial score (nSPS) is 17.7. The third-order valence-corrected chi connectivity index (χ3v) is 7.65. The largest absolute Gasteiger partial charge is 0.381 e. The van der Waals surface area contributed by atoms with Gasteiger partial charge in [-0.15, -0.1) is 0 Å². The molecule has 0 heterocycles. The monoisotopic (exact) mass is 272 g/mol. The van der Waals surface area contributed by atoms with Crippen molar-refractivity contribution < 1.29 is 9.67 Å². The van der Waals surface area contributed by atoms with Crippen LogP contribution in [0.1, 0.15) is 19.3 Å². The molecule has 0 aliphatic heterocycles. The van der Waals surface area contributed by atoms with Crippen molar-refractivity contribution in [1.82, 2.24) is 0 Å². The Hall–Kier alpha value is -1.37. The highest BCUT2D eigenvalue weighted by Gasteiger charge is 2.52. The van der Waals surface area contributed by atoms with E-state index in [1.54, 1.807) is 0 Å². The first kappa shape index (κ1) is 12.7. The second-order valence-electron chi connectivity index (χ2n) is 5.12. The average Bonchev–Trinajstić information content (AvgIpc) is 2.46. The Bertz CT molecular complexity index is 560. The van der Waals surface area contributed by atoms with E-state index in [-0.39, 0.29) is 0 Å². The molecule has 2 nitrogen and oxygen atoms in total. The van der Waals surface area contributed by atoms with Crippen LogP contribution in [-0.2, 0) is 4.57 Å². The van der Waals surface area contributed by atoms with Crippen molar-refractivity contribution in [3.8, 4) is 0 Å². The Morgan fingerprint density at radius 2 is 1.26 bits per heavy atom. The Kier molecular flexibility index (Phi) is 3.08.